The molecule has 2 unspecified atom stereocenters. The van der Waals surface area contributed by atoms with Gasteiger partial charge in [0.2, 0.25) is 0 Å². The highest BCUT2D eigenvalue weighted by molar-refractivity contribution is 6.05. The monoisotopic (exact) mass is 503 g/mol. The lowest BCUT2D eigenvalue weighted by Gasteiger charge is -2.29. The Morgan fingerprint density at radius 1 is 1.06 bits per heavy atom. The third-order valence-corrected chi connectivity index (χ3v) is 6.41. The number of likely N-dealkylation sites (tertiary alicyclic amines) is 1. The van der Waals surface area contributed by atoms with Crippen LogP contribution in [0.2, 0.25) is 0 Å². The first-order chi connectivity index (χ1) is 14.7. The van der Waals surface area contributed by atoms with Gasteiger partial charge in [-0.2, -0.15) is 13.2 Å². The van der Waals surface area contributed by atoms with Gasteiger partial charge in [-0.15, -0.1) is 24.8 Å². The number of anilines is 1. The SMILES string of the molecule is CN1CCC(NC2CC2c2ccc(N(C)C(=O)c3cccc(C(F)(F)F)c3)cc2)CC1.Cl.Cl. The molecule has 0 aromatic heterocycles. The summed E-state index contributed by atoms with van der Waals surface area (Å²) in [5, 5.41) is 3.77. The molecular weight excluding hydrogens is 474 g/mol. The molecule has 1 saturated heterocycles. The first-order valence-corrected chi connectivity index (χ1v) is 10.7. The Morgan fingerprint density at radius 2 is 1.70 bits per heavy atom. The zero-order valence-corrected chi connectivity index (χ0v) is 20.3. The normalized spacial score (nSPS) is 21.0. The Hall–Kier alpha value is -1.80. The summed E-state index contributed by atoms with van der Waals surface area (Å²) in [5.74, 6) is 0.0188. The second kappa shape index (κ2) is 11.1. The maximum Gasteiger partial charge on any atom is 0.416 e. The van der Waals surface area contributed by atoms with Gasteiger partial charge in [0.1, 0.15) is 0 Å². The van der Waals surface area contributed by atoms with Crippen LogP contribution in [0.3, 0.4) is 0 Å². The van der Waals surface area contributed by atoms with Gasteiger partial charge in [0, 0.05) is 36.3 Å². The number of hydrogen-bond acceptors (Lipinski definition) is 3. The van der Waals surface area contributed by atoms with Gasteiger partial charge in [-0.05, 0) is 75.3 Å². The highest BCUT2D eigenvalue weighted by Gasteiger charge is 2.39. The van der Waals surface area contributed by atoms with Crippen LogP contribution >= 0.6 is 24.8 Å². The summed E-state index contributed by atoms with van der Waals surface area (Å²) in [7, 11) is 3.74. The number of carbonyl (C=O) groups is 1. The number of hydrogen-bond donors (Lipinski definition) is 1. The minimum Gasteiger partial charge on any atom is -0.311 e. The number of halogens is 5. The van der Waals surface area contributed by atoms with Gasteiger partial charge in [-0.1, -0.05) is 18.2 Å². The number of rotatable bonds is 5. The summed E-state index contributed by atoms with van der Waals surface area (Å²) >= 11 is 0. The Bertz CT molecular complexity index is 931. The molecular formula is C24H30Cl2F3N3O. The molecule has 182 valence electrons. The van der Waals surface area contributed by atoms with Crippen LogP contribution in [0.4, 0.5) is 18.9 Å². The van der Waals surface area contributed by atoms with E-state index in [1.54, 1.807) is 7.05 Å². The molecule has 4 rings (SSSR count). The Balaban J connectivity index is 0.00000193. The molecule has 1 aliphatic carbocycles. The van der Waals surface area contributed by atoms with E-state index in [0.717, 1.165) is 31.6 Å². The molecule has 4 nitrogen and oxygen atoms in total. The van der Waals surface area contributed by atoms with Gasteiger partial charge in [0.15, 0.2) is 0 Å². The van der Waals surface area contributed by atoms with Crippen LogP contribution in [-0.4, -0.2) is 50.1 Å². The topological polar surface area (TPSA) is 35.6 Å². The largest absolute Gasteiger partial charge is 0.416 e. The summed E-state index contributed by atoms with van der Waals surface area (Å²) in [4.78, 5) is 16.4. The van der Waals surface area contributed by atoms with Crippen molar-refractivity contribution in [1.29, 1.82) is 0 Å². The van der Waals surface area contributed by atoms with E-state index in [9.17, 15) is 18.0 Å². The van der Waals surface area contributed by atoms with Crippen molar-refractivity contribution in [2.24, 2.45) is 0 Å². The van der Waals surface area contributed by atoms with Crippen molar-refractivity contribution < 1.29 is 18.0 Å². The zero-order valence-electron chi connectivity index (χ0n) is 18.6. The Morgan fingerprint density at radius 3 is 2.30 bits per heavy atom. The van der Waals surface area contributed by atoms with E-state index in [1.165, 1.54) is 35.4 Å². The molecule has 2 atom stereocenters. The number of piperidine rings is 1. The van der Waals surface area contributed by atoms with Gasteiger partial charge >= 0.3 is 6.18 Å². The lowest BCUT2D eigenvalue weighted by atomic mass is 10.0. The van der Waals surface area contributed by atoms with Crippen LogP contribution in [0.1, 0.15) is 46.7 Å². The minimum absolute atomic E-state index is 0. The molecule has 9 heteroatoms. The number of amides is 1. The van der Waals surface area contributed by atoms with Crippen LogP contribution < -0.4 is 10.2 Å². The third-order valence-electron chi connectivity index (χ3n) is 6.41. The van der Waals surface area contributed by atoms with Crippen molar-refractivity contribution in [3.8, 4) is 0 Å². The molecule has 1 amide bonds. The highest BCUT2D eigenvalue weighted by atomic mass is 35.5. The molecule has 1 N–H and O–H groups in total. The number of nitrogens with zero attached hydrogens (tertiary/aromatic N) is 2. The van der Waals surface area contributed by atoms with E-state index in [-0.39, 0.29) is 30.4 Å². The van der Waals surface area contributed by atoms with Gasteiger partial charge < -0.3 is 15.1 Å². The molecule has 33 heavy (non-hydrogen) atoms. The summed E-state index contributed by atoms with van der Waals surface area (Å²) in [5.41, 5.74) is 1.09. The van der Waals surface area contributed by atoms with Crippen molar-refractivity contribution >= 4 is 36.4 Å². The molecule has 0 radical (unpaired) electrons. The zero-order chi connectivity index (χ0) is 22.2. The second-order valence-electron chi connectivity index (χ2n) is 8.73. The fourth-order valence-corrected chi connectivity index (χ4v) is 4.31. The molecule has 1 heterocycles. The molecule has 2 fully saturated rings. The molecule has 0 spiro atoms. The Labute approximate surface area is 205 Å². The standard InChI is InChI=1S/C24H28F3N3O.2ClH/c1-29-12-10-19(11-13-29)28-22-15-21(22)16-6-8-20(9-7-16)30(2)23(31)17-4-3-5-18(14-17)24(25,26)27;;/h3-9,14,19,21-22,28H,10-13,15H2,1-2H3;2*1H. The van der Waals surface area contributed by atoms with E-state index in [2.05, 4.69) is 17.3 Å². The fourth-order valence-electron chi connectivity index (χ4n) is 4.31. The van der Waals surface area contributed by atoms with E-state index in [1.807, 2.05) is 24.3 Å². The summed E-state index contributed by atoms with van der Waals surface area (Å²) in [6.07, 6.45) is -0.994. The predicted octanol–water partition coefficient (Wildman–Crippen LogP) is 5.37. The van der Waals surface area contributed by atoms with Gasteiger partial charge in [-0.3, -0.25) is 4.79 Å². The van der Waals surface area contributed by atoms with Crippen LogP contribution in [0.25, 0.3) is 0 Å². The number of nitrogens with one attached hydrogen (secondary N) is 1. The van der Waals surface area contributed by atoms with Crippen LogP contribution in [0.5, 0.6) is 0 Å². The maximum atomic E-state index is 12.9. The molecule has 2 aliphatic rings. The fraction of sp³-hybridized carbons (Fsp3) is 0.458. The van der Waals surface area contributed by atoms with E-state index >= 15 is 0 Å². The average molecular weight is 504 g/mol. The number of alkyl halides is 3. The van der Waals surface area contributed by atoms with Crippen molar-refractivity contribution in [3.05, 3.63) is 65.2 Å². The molecule has 2 aromatic rings. The van der Waals surface area contributed by atoms with Crippen LogP contribution in [0.15, 0.2) is 48.5 Å². The highest BCUT2D eigenvalue weighted by Crippen LogP contribution is 2.42. The third kappa shape index (κ3) is 6.63. The molecule has 1 saturated carbocycles. The predicted molar refractivity (Wildman–Crippen MR) is 130 cm³/mol. The first-order valence-electron chi connectivity index (χ1n) is 10.7. The van der Waals surface area contributed by atoms with Crippen LogP contribution in [-0.2, 0) is 6.18 Å². The van der Waals surface area contributed by atoms with Gasteiger partial charge in [0.05, 0.1) is 5.56 Å². The van der Waals surface area contributed by atoms with Gasteiger partial charge in [0.25, 0.3) is 5.91 Å². The van der Waals surface area contributed by atoms with Crippen LogP contribution in [0, 0.1) is 0 Å². The minimum atomic E-state index is -4.47. The molecule has 1 aliphatic heterocycles. The lowest BCUT2D eigenvalue weighted by molar-refractivity contribution is -0.137. The van der Waals surface area contributed by atoms with Crippen molar-refractivity contribution in [1.82, 2.24) is 10.2 Å². The average Bonchev–Trinajstić information content (AvgIpc) is 3.53. The van der Waals surface area contributed by atoms with Crippen molar-refractivity contribution in [2.45, 2.75) is 43.4 Å². The quantitative estimate of drug-likeness (QED) is 0.595. The smallest absolute Gasteiger partial charge is 0.311 e. The molecule has 2 aromatic carbocycles. The number of carbonyl (C=O) groups excluding carboxylic acids is 1. The van der Waals surface area contributed by atoms with Crippen molar-refractivity contribution in [3.63, 3.8) is 0 Å². The first kappa shape index (κ1) is 27.4. The van der Waals surface area contributed by atoms with Gasteiger partial charge in [-0.25, -0.2) is 0 Å². The number of benzene rings is 2. The van der Waals surface area contributed by atoms with E-state index in [0.29, 0.717) is 23.7 Å². The second-order valence-corrected chi connectivity index (χ2v) is 8.73. The van der Waals surface area contributed by atoms with E-state index < -0.39 is 17.6 Å². The lowest BCUT2D eigenvalue weighted by Crippen LogP contribution is -2.42. The molecule has 0 bridgehead atoms. The van der Waals surface area contributed by atoms with E-state index in [4.69, 9.17) is 0 Å². The maximum absolute atomic E-state index is 12.9. The Kier molecular flexibility index (Phi) is 9.22. The summed E-state index contributed by atoms with van der Waals surface area (Å²) < 4.78 is 38.8. The van der Waals surface area contributed by atoms with Crippen molar-refractivity contribution in [2.75, 3.05) is 32.1 Å². The summed E-state index contributed by atoms with van der Waals surface area (Å²) in [6, 6.07) is 13.4. The summed E-state index contributed by atoms with van der Waals surface area (Å²) in [6.45, 7) is 2.27.